The minimum atomic E-state index is 0.205. The highest BCUT2D eigenvalue weighted by Crippen LogP contribution is 2.28. The molecule has 1 aromatic carbocycles. The van der Waals surface area contributed by atoms with E-state index in [1.165, 1.54) is 0 Å². The first kappa shape index (κ1) is 11.6. The summed E-state index contributed by atoms with van der Waals surface area (Å²) in [6, 6.07) is 5.25. The molecular formula is C11H7Cl3N2. The van der Waals surface area contributed by atoms with Crippen molar-refractivity contribution in [1.82, 2.24) is 9.97 Å². The van der Waals surface area contributed by atoms with Crippen LogP contribution in [0, 0.1) is 6.92 Å². The Hall–Kier alpha value is -0.830. The topological polar surface area (TPSA) is 25.8 Å². The molecule has 0 saturated carbocycles. The zero-order valence-corrected chi connectivity index (χ0v) is 10.6. The monoisotopic (exact) mass is 272 g/mol. The number of benzene rings is 1. The second-order valence-electron chi connectivity index (χ2n) is 3.33. The lowest BCUT2D eigenvalue weighted by Crippen LogP contribution is -1.91. The molecule has 1 aromatic heterocycles. The largest absolute Gasteiger partial charge is 0.226 e. The molecule has 82 valence electrons. The van der Waals surface area contributed by atoms with Crippen LogP contribution in [0.15, 0.2) is 24.4 Å². The molecular weight excluding hydrogens is 266 g/mol. The van der Waals surface area contributed by atoms with Gasteiger partial charge in [0, 0.05) is 21.8 Å². The van der Waals surface area contributed by atoms with E-state index in [4.69, 9.17) is 34.8 Å². The van der Waals surface area contributed by atoms with Gasteiger partial charge in [0.05, 0.1) is 5.69 Å². The van der Waals surface area contributed by atoms with Crippen molar-refractivity contribution in [1.29, 1.82) is 0 Å². The lowest BCUT2D eigenvalue weighted by atomic mass is 10.1. The molecule has 16 heavy (non-hydrogen) atoms. The van der Waals surface area contributed by atoms with Gasteiger partial charge >= 0.3 is 0 Å². The van der Waals surface area contributed by atoms with E-state index in [0.717, 1.165) is 16.8 Å². The Morgan fingerprint density at radius 3 is 2.25 bits per heavy atom. The zero-order chi connectivity index (χ0) is 11.7. The first-order chi connectivity index (χ1) is 7.56. The van der Waals surface area contributed by atoms with Gasteiger partial charge in [-0.05, 0) is 42.3 Å². The third-order valence-corrected chi connectivity index (χ3v) is 2.70. The summed E-state index contributed by atoms with van der Waals surface area (Å²) in [6.45, 7) is 1.90. The fraction of sp³-hybridized carbons (Fsp3) is 0.0909. The van der Waals surface area contributed by atoms with Crippen LogP contribution in [0.2, 0.25) is 15.3 Å². The molecule has 2 nitrogen and oxygen atoms in total. The third kappa shape index (κ3) is 2.46. The van der Waals surface area contributed by atoms with Crippen molar-refractivity contribution < 1.29 is 0 Å². The van der Waals surface area contributed by atoms with Gasteiger partial charge < -0.3 is 0 Å². The Bertz CT molecular complexity index is 520. The zero-order valence-electron chi connectivity index (χ0n) is 8.34. The normalized spacial score (nSPS) is 10.5. The van der Waals surface area contributed by atoms with E-state index in [0.29, 0.717) is 10.0 Å². The molecule has 0 aliphatic rings. The molecule has 0 saturated heterocycles. The molecule has 0 aliphatic carbocycles. The smallest absolute Gasteiger partial charge is 0.222 e. The molecule has 0 bridgehead atoms. The Morgan fingerprint density at radius 1 is 1.00 bits per heavy atom. The van der Waals surface area contributed by atoms with E-state index in [2.05, 4.69) is 9.97 Å². The van der Waals surface area contributed by atoms with Gasteiger partial charge in [0.25, 0.3) is 0 Å². The van der Waals surface area contributed by atoms with E-state index in [9.17, 15) is 0 Å². The van der Waals surface area contributed by atoms with Gasteiger partial charge in [-0.15, -0.1) is 0 Å². The molecule has 0 amide bonds. The highest BCUT2D eigenvalue weighted by Gasteiger charge is 2.07. The van der Waals surface area contributed by atoms with Crippen LogP contribution < -0.4 is 0 Å². The van der Waals surface area contributed by atoms with Gasteiger partial charge in [-0.1, -0.05) is 23.2 Å². The summed E-state index contributed by atoms with van der Waals surface area (Å²) in [5, 5.41) is 1.34. The second kappa shape index (κ2) is 4.58. The molecule has 0 radical (unpaired) electrons. The van der Waals surface area contributed by atoms with E-state index in [1.807, 2.05) is 6.92 Å². The van der Waals surface area contributed by atoms with Gasteiger partial charge in [-0.3, -0.25) is 0 Å². The minimum Gasteiger partial charge on any atom is -0.226 e. The highest BCUT2D eigenvalue weighted by atomic mass is 35.5. The van der Waals surface area contributed by atoms with Gasteiger partial charge in [0.1, 0.15) is 0 Å². The molecule has 0 atom stereocenters. The Labute approximate surface area is 108 Å². The summed E-state index contributed by atoms with van der Waals surface area (Å²) in [4.78, 5) is 8.06. The fourth-order valence-corrected chi connectivity index (χ4v) is 2.06. The van der Waals surface area contributed by atoms with Crippen LogP contribution in [0.4, 0.5) is 0 Å². The number of nitrogens with zero attached hydrogens (tertiary/aromatic N) is 2. The lowest BCUT2D eigenvalue weighted by molar-refractivity contribution is 1.13. The fourth-order valence-electron chi connectivity index (χ4n) is 1.40. The molecule has 0 spiro atoms. The first-order valence-corrected chi connectivity index (χ1v) is 5.65. The van der Waals surface area contributed by atoms with Crippen LogP contribution in [0.25, 0.3) is 11.3 Å². The summed E-state index contributed by atoms with van der Waals surface area (Å²) in [6.07, 6.45) is 1.67. The first-order valence-electron chi connectivity index (χ1n) is 4.52. The van der Waals surface area contributed by atoms with Crippen molar-refractivity contribution in [2.75, 3.05) is 0 Å². The summed E-state index contributed by atoms with van der Waals surface area (Å²) in [5.41, 5.74) is 2.49. The maximum atomic E-state index is 5.93. The Balaban J connectivity index is 2.62. The van der Waals surface area contributed by atoms with Gasteiger partial charge in [-0.25, -0.2) is 9.97 Å². The van der Waals surface area contributed by atoms with Crippen LogP contribution in [0.1, 0.15) is 5.56 Å². The van der Waals surface area contributed by atoms with Crippen molar-refractivity contribution in [3.63, 3.8) is 0 Å². The average molecular weight is 274 g/mol. The number of aryl methyl sites for hydroxylation is 1. The molecule has 0 N–H and O–H groups in total. The predicted molar refractivity (Wildman–Crippen MR) is 67.2 cm³/mol. The van der Waals surface area contributed by atoms with Crippen LogP contribution in [-0.4, -0.2) is 9.97 Å². The summed E-state index contributed by atoms with van der Waals surface area (Å²) in [5.74, 6) is 0. The van der Waals surface area contributed by atoms with Gasteiger partial charge in [0.2, 0.25) is 5.28 Å². The number of hydrogen-bond acceptors (Lipinski definition) is 2. The van der Waals surface area contributed by atoms with Gasteiger partial charge in [-0.2, -0.15) is 0 Å². The maximum Gasteiger partial charge on any atom is 0.222 e. The number of hydrogen-bond donors (Lipinski definition) is 0. The van der Waals surface area contributed by atoms with E-state index in [1.54, 1.807) is 24.4 Å². The van der Waals surface area contributed by atoms with Crippen molar-refractivity contribution in [3.05, 3.63) is 45.3 Å². The molecule has 2 aromatic rings. The van der Waals surface area contributed by atoms with Crippen LogP contribution in [0.3, 0.4) is 0 Å². The highest BCUT2D eigenvalue weighted by molar-refractivity contribution is 6.35. The molecule has 0 fully saturated rings. The predicted octanol–water partition coefficient (Wildman–Crippen LogP) is 4.41. The number of halogens is 3. The van der Waals surface area contributed by atoms with Crippen molar-refractivity contribution >= 4 is 34.8 Å². The molecule has 1 heterocycles. The van der Waals surface area contributed by atoms with Crippen LogP contribution in [-0.2, 0) is 0 Å². The summed E-state index contributed by atoms with van der Waals surface area (Å²) in [7, 11) is 0. The quantitative estimate of drug-likeness (QED) is 0.719. The van der Waals surface area contributed by atoms with Crippen LogP contribution in [0.5, 0.6) is 0 Å². The van der Waals surface area contributed by atoms with E-state index < -0.39 is 0 Å². The van der Waals surface area contributed by atoms with Crippen molar-refractivity contribution in [3.8, 4) is 11.3 Å². The number of rotatable bonds is 1. The third-order valence-electron chi connectivity index (χ3n) is 2.08. The summed E-state index contributed by atoms with van der Waals surface area (Å²) >= 11 is 17.6. The second-order valence-corrected chi connectivity index (χ2v) is 4.54. The van der Waals surface area contributed by atoms with Crippen molar-refractivity contribution in [2.45, 2.75) is 6.92 Å². The van der Waals surface area contributed by atoms with Crippen LogP contribution >= 0.6 is 34.8 Å². The number of aromatic nitrogens is 2. The molecule has 5 heteroatoms. The Morgan fingerprint density at radius 2 is 1.62 bits per heavy atom. The van der Waals surface area contributed by atoms with Gasteiger partial charge in [0.15, 0.2) is 0 Å². The molecule has 0 aliphatic heterocycles. The van der Waals surface area contributed by atoms with E-state index >= 15 is 0 Å². The van der Waals surface area contributed by atoms with Crippen molar-refractivity contribution in [2.24, 2.45) is 0 Å². The SMILES string of the molecule is Cc1cnc(Cl)nc1-c1cc(Cl)cc(Cl)c1. The molecule has 2 rings (SSSR count). The lowest BCUT2D eigenvalue weighted by Gasteiger charge is -2.06. The Kier molecular flexibility index (Phi) is 3.33. The summed E-state index contributed by atoms with van der Waals surface area (Å²) < 4.78 is 0. The standard InChI is InChI=1S/C11H7Cl3N2/c1-6-5-15-11(14)16-10(6)7-2-8(12)4-9(13)3-7/h2-5H,1H3. The minimum absolute atomic E-state index is 0.205. The van der Waals surface area contributed by atoms with E-state index in [-0.39, 0.29) is 5.28 Å². The molecule has 0 unspecified atom stereocenters. The average Bonchev–Trinajstić information content (AvgIpc) is 2.20. The maximum absolute atomic E-state index is 5.93.